The van der Waals surface area contributed by atoms with Crippen molar-refractivity contribution < 1.29 is 77.8 Å². The molecule has 0 radical (unpaired) electrons. The highest BCUT2D eigenvalue weighted by atomic mass is 16.6. The largest absolute Gasteiger partial charge is 0.481 e. The molecule has 0 heterocycles. The molecule has 0 saturated heterocycles. The first-order chi connectivity index (χ1) is 23.7. The van der Waals surface area contributed by atoms with Crippen LogP contribution in [0.5, 0.6) is 0 Å². The van der Waals surface area contributed by atoms with Gasteiger partial charge in [-0.3, -0.25) is 38.4 Å². The highest BCUT2D eigenvalue weighted by Crippen LogP contribution is 2.20. The van der Waals surface area contributed by atoms with Crippen molar-refractivity contribution in [3.05, 3.63) is 0 Å². The van der Waals surface area contributed by atoms with Gasteiger partial charge in [0, 0.05) is 25.7 Å². The molecule has 22 nitrogen and oxygen atoms in total. The summed E-state index contributed by atoms with van der Waals surface area (Å²) in [5.41, 5.74) is 8.58. The van der Waals surface area contributed by atoms with Crippen LogP contribution in [-0.4, -0.2) is 126 Å². The number of nitrogens with one attached hydrogen (secondary N) is 2. The van der Waals surface area contributed by atoms with Gasteiger partial charge in [0.2, 0.25) is 11.8 Å². The lowest BCUT2D eigenvalue weighted by molar-refractivity contribution is -0.163. The van der Waals surface area contributed by atoms with Crippen molar-refractivity contribution in [1.29, 1.82) is 0 Å². The van der Waals surface area contributed by atoms with Crippen LogP contribution in [0.1, 0.15) is 92.9 Å². The second-order valence-corrected chi connectivity index (χ2v) is 13.3. The van der Waals surface area contributed by atoms with E-state index in [1.807, 2.05) is 0 Å². The second kappa shape index (κ2) is 20.5. The molecule has 0 saturated carbocycles. The Morgan fingerprint density at radius 2 is 0.769 bits per heavy atom. The van der Waals surface area contributed by atoms with Crippen LogP contribution in [0.3, 0.4) is 0 Å². The number of nitrogens with zero attached hydrogens (tertiary/aromatic N) is 2. The van der Waals surface area contributed by atoms with E-state index in [1.165, 1.54) is 41.5 Å². The van der Waals surface area contributed by atoms with Gasteiger partial charge in [-0.05, 0) is 67.2 Å². The van der Waals surface area contributed by atoms with Gasteiger partial charge in [-0.25, -0.2) is 9.59 Å². The van der Waals surface area contributed by atoms with Gasteiger partial charge in [0.1, 0.15) is 23.3 Å². The Morgan fingerprint density at radius 3 is 1.00 bits per heavy atom. The van der Waals surface area contributed by atoms with Crippen molar-refractivity contribution in [1.82, 2.24) is 20.7 Å². The summed E-state index contributed by atoms with van der Waals surface area (Å²) in [6, 6.07) is -7.28. The standard InChI is InChI=1S/C30H48N6O16/c1-29(2,3)51-27(49)35(25(47)17(9-13-21(41)42)33-23(45)15(31)7-11-19(37)38)36(28(50)52-30(4,5)6)26(48)18(10-14-22(43)44)34-24(46)16(32)8-12-20(39)40/h15-18H,7-14,31-32H2,1-6H3,(H,33,45)(H,34,46)(H,37,38)(H,39,40)(H,41,42)(H,43,44)/t15-,16-,17-,18-/m0/s1. The first-order valence-electron chi connectivity index (χ1n) is 15.8. The van der Waals surface area contributed by atoms with Crippen molar-refractivity contribution in [2.24, 2.45) is 11.5 Å². The van der Waals surface area contributed by atoms with Gasteiger partial charge >= 0.3 is 36.1 Å². The minimum absolute atomic E-state index is 0.221. The minimum Gasteiger partial charge on any atom is -0.481 e. The SMILES string of the molecule is CC(C)(C)OC(=O)N(C(=O)[C@H](CCC(=O)O)NC(=O)[C@@H](N)CCC(=O)O)N(C(=O)OC(C)(C)C)C(=O)[C@H](CCC(=O)O)NC(=O)[C@@H](N)CCC(=O)O. The summed E-state index contributed by atoms with van der Waals surface area (Å²) in [5.74, 6) is -11.4. The van der Waals surface area contributed by atoms with Gasteiger partial charge in [-0.15, -0.1) is 10.0 Å². The number of rotatable bonds is 18. The van der Waals surface area contributed by atoms with Crippen molar-refractivity contribution in [3.8, 4) is 0 Å². The molecular formula is C30H48N6O16. The monoisotopic (exact) mass is 748 g/mol. The zero-order valence-electron chi connectivity index (χ0n) is 29.7. The molecule has 0 fully saturated rings. The number of amides is 6. The number of carbonyl (C=O) groups is 10. The average molecular weight is 749 g/mol. The molecule has 0 aliphatic carbocycles. The lowest BCUT2D eigenvalue weighted by Gasteiger charge is -2.37. The number of carbonyl (C=O) groups excluding carboxylic acids is 6. The van der Waals surface area contributed by atoms with Crippen molar-refractivity contribution in [2.75, 3.05) is 0 Å². The maximum absolute atomic E-state index is 14.2. The van der Waals surface area contributed by atoms with Crippen molar-refractivity contribution >= 4 is 59.7 Å². The van der Waals surface area contributed by atoms with Crippen LogP contribution < -0.4 is 22.1 Å². The number of nitrogens with two attached hydrogens (primary N) is 2. The van der Waals surface area contributed by atoms with Crippen LogP contribution in [0.4, 0.5) is 9.59 Å². The van der Waals surface area contributed by atoms with E-state index in [4.69, 9.17) is 31.2 Å². The summed E-state index contributed by atoms with van der Waals surface area (Å²) < 4.78 is 10.5. The molecule has 10 N–H and O–H groups in total. The van der Waals surface area contributed by atoms with Crippen LogP contribution in [0.15, 0.2) is 0 Å². The molecule has 0 unspecified atom stereocenters. The highest BCUT2D eigenvalue weighted by Gasteiger charge is 2.46. The number of carboxylic acid groups (broad SMARTS) is 4. The van der Waals surface area contributed by atoms with E-state index >= 15 is 0 Å². The van der Waals surface area contributed by atoms with E-state index in [0.717, 1.165) is 0 Å². The summed E-state index contributed by atoms with van der Waals surface area (Å²) in [7, 11) is 0. The molecule has 0 aromatic carbocycles. The molecule has 0 spiro atoms. The number of carboxylic acids is 4. The van der Waals surface area contributed by atoms with Crippen molar-refractivity contribution in [2.45, 2.75) is 128 Å². The van der Waals surface area contributed by atoms with Gasteiger partial charge < -0.3 is 52.0 Å². The Bertz CT molecular complexity index is 1270. The molecule has 4 atom stereocenters. The van der Waals surface area contributed by atoms with Crippen LogP contribution in [0.2, 0.25) is 0 Å². The van der Waals surface area contributed by atoms with E-state index < -0.39 is 146 Å². The summed E-state index contributed by atoms with van der Waals surface area (Å²) in [6.07, 6.45) is -8.88. The normalized spacial score (nSPS) is 13.6. The molecule has 0 aliphatic rings. The van der Waals surface area contributed by atoms with E-state index in [1.54, 1.807) is 0 Å². The van der Waals surface area contributed by atoms with E-state index in [-0.39, 0.29) is 10.0 Å². The van der Waals surface area contributed by atoms with Gasteiger partial charge in [-0.2, -0.15) is 0 Å². The number of aliphatic carboxylic acids is 4. The predicted molar refractivity (Wildman–Crippen MR) is 173 cm³/mol. The van der Waals surface area contributed by atoms with Crippen LogP contribution in [0, 0.1) is 0 Å². The highest BCUT2D eigenvalue weighted by molar-refractivity contribution is 6.05. The molecule has 22 heteroatoms. The predicted octanol–water partition coefficient (Wildman–Crippen LogP) is -0.488. The first-order valence-corrected chi connectivity index (χ1v) is 15.8. The Labute approximate surface area is 298 Å². The number of hydrogen-bond acceptors (Lipinski definition) is 14. The zero-order valence-corrected chi connectivity index (χ0v) is 29.7. The molecule has 294 valence electrons. The Morgan fingerprint density at radius 1 is 0.519 bits per heavy atom. The summed E-state index contributed by atoms with van der Waals surface area (Å²) in [5, 5.41) is 40.3. The zero-order chi connectivity index (χ0) is 40.7. The molecule has 0 bridgehead atoms. The molecule has 0 aromatic rings. The fourth-order valence-electron chi connectivity index (χ4n) is 3.87. The lowest BCUT2D eigenvalue weighted by atomic mass is 10.1. The van der Waals surface area contributed by atoms with Crippen LogP contribution in [0.25, 0.3) is 0 Å². The molecule has 6 amide bonds. The minimum atomic E-state index is -2.07. The molecule has 52 heavy (non-hydrogen) atoms. The molecule has 0 aliphatic heterocycles. The van der Waals surface area contributed by atoms with E-state index in [2.05, 4.69) is 10.6 Å². The second-order valence-electron chi connectivity index (χ2n) is 13.3. The van der Waals surface area contributed by atoms with Gasteiger partial charge in [-0.1, -0.05) is 0 Å². The number of hydrogen-bond donors (Lipinski definition) is 8. The van der Waals surface area contributed by atoms with Crippen LogP contribution in [-0.2, 0) is 47.8 Å². The first kappa shape index (κ1) is 46.6. The molecular weight excluding hydrogens is 700 g/mol. The quantitative estimate of drug-likeness (QED) is 0.0820. The van der Waals surface area contributed by atoms with E-state index in [0.29, 0.717) is 0 Å². The fourth-order valence-corrected chi connectivity index (χ4v) is 3.87. The number of hydrazine groups is 1. The third-order valence-corrected chi connectivity index (χ3v) is 6.29. The van der Waals surface area contributed by atoms with E-state index in [9.17, 15) is 58.2 Å². The maximum atomic E-state index is 14.2. The molecule has 0 aromatic heterocycles. The average Bonchev–Trinajstić information content (AvgIpc) is 2.98. The maximum Gasteiger partial charge on any atom is 0.437 e. The Hall–Kier alpha value is -5.38. The number of imide groups is 2. The van der Waals surface area contributed by atoms with Gasteiger partial charge in [0.15, 0.2) is 0 Å². The van der Waals surface area contributed by atoms with Crippen molar-refractivity contribution in [3.63, 3.8) is 0 Å². The lowest BCUT2D eigenvalue weighted by Crippen LogP contribution is -2.65. The summed E-state index contributed by atoms with van der Waals surface area (Å²) in [4.78, 5) is 127. The topological polar surface area (TPSA) is 353 Å². The summed E-state index contributed by atoms with van der Waals surface area (Å²) >= 11 is 0. The third-order valence-electron chi connectivity index (χ3n) is 6.29. The van der Waals surface area contributed by atoms with Crippen LogP contribution >= 0.6 is 0 Å². The van der Waals surface area contributed by atoms with Gasteiger partial charge in [0.25, 0.3) is 11.8 Å². The Kier molecular flexibility index (Phi) is 18.3. The number of ether oxygens (including phenoxy) is 2. The van der Waals surface area contributed by atoms with Gasteiger partial charge in [0.05, 0.1) is 12.1 Å². The fraction of sp³-hybridized carbons (Fsp3) is 0.667. The third kappa shape index (κ3) is 18.0. The smallest absolute Gasteiger partial charge is 0.437 e. The Balaban J connectivity index is 7.45. The molecule has 0 rings (SSSR count). The summed E-state index contributed by atoms with van der Waals surface area (Å²) in [6.45, 7) is 7.96.